The van der Waals surface area contributed by atoms with Crippen LogP contribution in [0.4, 0.5) is 0 Å². The number of aromatic amines is 1. The summed E-state index contributed by atoms with van der Waals surface area (Å²) < 4.78 is 0. The summed E-state index contributed by atoms with van der Waals surface area (Å²) in [7, 11) is 0. The number of carbonyl (C=O) groups excluding carboxylic acids is 8. The lowest BCUT2D eigenvalue weighted by atomic mass is 10.0. The average molecular weight is 1020 g/mol. The van der Waals surface area contributed by atoms with Crippen molar-refractivity contribution < 1.29 is 73.8 Å². The summed E-state index contributed by atoms with van der Waals surface area (Å²) in [5, 5.41) is 75.8. The van der Waals surface area contributed by atoms with Gasteiger partial charge >= 0.3 is 5.97 Å². The van der Waals surface area contributed by atoms with Crippen molar-refractivity contribution in [2.24, 2.45) is 11.5 Å². The third-order valence-electron chi connectivity index (χ3n) is 11.0. The number of amides is 8. The Morgan fingerprint density at radius 3 is 1.42 bits per heavy atom. The predicted molar refractivity (Wildman–Crippen MR) is 255 cm³/mol. The van der Waals surface area contributed by atoms with E-state index >= 15 is 0 Å². The van der Waals surface area contributed by atoms with E-state index in [4.69, 9.17) is 11.5 Å². The molecular formula is C47H59N11O15. The minimum Gasteiger partial charge on any atom is -0.508 e. The van der Waals surface area contributed by atoms with Crippen LogP contribution in [0.25, 0.3) is 0 Å². The van der Waals surface area contributed by atoms with Gasteiger partial charge in [0.1, 0.15) is 47.5 Å². The first kappa shape index (κ1) is 57.0. The van der Waals surface area contributed by atoms with Crippen LogP contribution in [-0.2, 0) is 68.8 Å². The Morgan fingerprint density at radius 2 is 1.01 bits per heavy atom. The van der Waals surface area contributed by atoms with E-state index < -0.39 is 115 Å². The topological polar surface area (TPSA) is 440 Å². The maximum Gasteiger partial charge on any atom is 0.328 e. The Balaban J connectivity index is 1.54. The molecule has 18 N–H and O–H groups in total. The number of aliphatic hydroxyl groups excluding tert-OH is 2. The predicted octanol–water partition coefficient (Wildman–Crippen LogP) is -4.13. The second-order valence-corrected chi connectivity index (χ2v) is 16.8. The number of aromatic nitrogens is 2. The molecule has 0 unspecified atom stereocenters. The lowest BCUT2D eigenvalue weighted by Gasteiger charge is -2.27. The van der Waals surface area contributed by atoms with Crippen molar-refractivity contribution in [1.29, 1.82) is 0 Å². The second-order valence-electron chi connectivity index (χ2n) is 16.8. The Bertz CT molecular complexity index is 2530. The number of rotatable bonds is 28. The summed E-state index contributed by atoms with van der Waals surface area (Å²) in [4.78, 5) is 126. The van der Waals surface area contributed by atoms with Crippen LogP contribution in [0.2, 0.25) is 0 Å². The number of nitrogens with one attached hydrogen (secondary N) is 8. The van der Waals surface area contributed by atoms with E-state index in [0.717, 1.165) is 6.92 Å². The zero-order valence-electron chi connectivity index (χ0n) is 39.3. The Morgan fingerprint density at radius 1 is 0.589 bits per heavy atom. The van der Waals surface area contributed by atoms with Gasteiger partial charge in [0.2, 0.25) is 47.3 Å². The average Bonchev–Trinajstić information content (AvgIpc) is 3.86. The molecule has 8 atom stereocenters. The fraction of sp³-hybridized carbons (Fsp3) is 0.362. The quantitative estimate of drug-likeness (QED) is 0.0257. The Kier molecular flexibility index (Phi) is 21.6. The largest absolute Gasteiger partial charge is 0.508 e. The first-order chi connectivity index (χ1) is 34.6. The molecule has 4 rings (SSSR count). The third kappa shape index (κ3) is 18.9. The standard InChI is InChI=1S/C47H59N11O15/c1-24(60)40(47(72)73)58-46(71)34(16-25-2-8-29(61)9-3-25)53-39(65)21-51-42(67)37(22-59)57-45(70)36(18-27-6-12-31(63)13-7-27)56-44(69)35(17-26-4-10-30(62)11-5-26)55-43(68)33(14-15-38(49)64)54-41(66)32(48)19-28-20-50-23-52-28/h2-13,20,23-24,32-37,40,59-63H,14-19,21-22,48H2,1H3,(H2,49,64)(H,50,52)(H,51,67)(H,53,65)(H,54,66)(H,55,68)(H,56,69)(H,57,70)(H,58,71)(H,72,73)/t24-,32+,33+,34+,35+,36+,37+,40+/m1/s1. The van der Waals surface area contributed by atoms with Gasteiger partial charge < -0.3 is 84.3 Å². The highest BCUT2D eigenvalue weighted by atomic mass is 16.4. The zero-order chi connectivity index (χ0) is 53.8. The molecule has 0 aliphatic heterocycles. The summed E-state index contributed by atoms with van der Waals surface area (Å²) in [5.41, 5.74) is 13.1. The summed E-state index contributed by atoms with van der Waals surface area (Å²) in [6.45, 7) is -0.782. The van der Waals surface area contributed by atoms with Crippen LogP contribution >= 0.6 is 0 Å². The van der Waals surface area contributed by atoms with Gasteiger partial charge in [0.05, 0.1) is 31.6 Å². The van der Waals surface area contributed by atoms with Gasteiger partial charge in [-0.3, -0.25) is 38.4 Å². The fourth-order valence-electron chi connectivity index (χ4n) is 6.98. The van der Waals surface area contributed by atoms with Gasteiger partial charge in [-0.15, -0.1) is 0 Å². The molecule has 1 aromatic heterocycles. The molecule has 0 spiro atoms. The van der Waals surface area contributed by atoms with Crippen LogP contribution in [0.15, 0.2) is 85.3 Å². The number of nitrogens with zero attached hydrogens (tertiary/aromatic N) is 1. The van der Waals surface area contributed by atoms with Crippen molar-refractivity contribution in [3.8, 4) is 17.2 Å². The summed E-state index contributed by atoms with van der Waals surface area (Å²) >= 11 is 0. The normalized spacial score (nSPS) is 14.2. The second kappa shape index (κ2) is 27.7. The Hall–Kier alpha value is -8.62. The SMILES string of the molecule is C[C@@H](O)[C@H](NC(=O)[C@H](Cc1ccc(O)cc1)NC(=O)CNC(=O)[C@H](CO)NC(=O)[C@H](Cc1ccc(O)cc1)NC(=O)[C@H](Cc1ccc(O)cc1)NC(=O)[C@H](CCC(N)=O)NC(=O)[C@@H](N)Cc1cnc[nH]1)C(=O)O. The van der Waals surface area contributed by atoms with E-state index in [1.54, 1.807) is 0 Å². The lowest BCUT2D eigenvalue weighted by Crippen LogP contribution is -2.60. The molecule has 1 heterocycles. The number of imidazole rings is 1. The van der Waals surface area contributed by atoms with Gasteiger partial charge in [-0.1, -0.05) is 36.4 Å². The van der Waals surface area contributed by atoms with Gasteiger partial charge in [0.25, 0.3) is 0 Å². The molecule has 0 fully saturated rings. The molecule has 26 nitrogen and oxygen atoms in total. The van der Waals surface area contributed by atoms with Crippen LogP contribution in [0, 0.1) is 0 Å². The summed E-state index contributed by atoms with van der Waals surface area (Å²) in [5.74, 6) is -9.69. The number of hydrogen-bond acceptors (Lipinski definition) is 16. The maximum absolute atomic E-state index is 14.3. The molecule has 0 radical (unpaired) electrons. The van der Waals surface area contributed by atoms with E-state index in [1.165, 1.54) is 85.3 Å². The molecule has 3 aromatic carbocycles. The number of carbonyl (C=O) groups is 9. The zero-order valence-corrected chi connectivity index (χ0v) is 39.3. The Labute approximate surface area is 416 Å². The molecule has 26 heteroatoms. The van der Waals surface area contributed by atoms with E-state index in [9.17, 15) is 73.8 Å². The van der Waals surface area contributed by atoms with Gasteiger partial charge in [-0.05, 0) is 66.4 Å². The van der Waals surface area contributed by atoms with Crippen molar-refractivity contribution in [3.05, 3.63) is 108 Å². The number of nitrogens with two attached hydrogens (primary N) is 2. The number of H-pyrrole nitrogens is 1. The minimum atomic E-state index is -1.78. The van der Waals surface area contributed by atoms with E-state index in [-0.39, 0.29) is 55.8 Å². The molecule has 4 aromatic rings. The third-order valence-corrected chi connectivity index (χ3v) is 11.0. The summed E-state index contributed by atoms with van der Waals surface area (Å²) in [6.07, 6.45) is -0.243. The molecule has 392 valence electrons. The number of phenols is 3. The molecular weight excluding hydrogens is 959 g/mol. The van der Waals surface area contributed by atoms with Crippen LogP contribution in [0.5, 0.6) is 17.2 Å². The minimum absolute atomic E-state index is 0.00582. The smallest absolute Gasteiger partial charge is 0.328 e. The van der Waals surface area contributed by atoms with Gasteiger partial charge in [0.15, 0.2) is 6.04 Å². The number of carboxylic acids is 1. The number of primary amides is 1. The highest BCUT2D eigenvalue weighted by molar-refractivity contribution is 5.97. The van der Waals surface area contributed by atoms with Crippen LogP contribution in [-0.4, -0.2) is 155 Å². The maximum atomic E-state index is 14.3. The number of aliphatic carboxylic acids is 1. The number of benzene rings is 3. The first-order valence-corrected chi connectivity index (χ1v) is 22.6. The molecule has 0 aliphatic rings. The van der Waals surface area contributed by atoms with Crippen molar-refractivity contribution in [2.75, 3.05) is 13.2 Å². The van der Waals surface area contributed by atoms with Crippen molar-refractivity contribution in [2.45, 2.75) is 93.8 Å². The fourth-order valence-corrected chi connectivity index (χ4v) is 6.98. The van der Waals surface area contributed by atoms with Gasteiger partial charge in [-0.25, -0.2) is 9.78 Å². The summed E-state index contributed by atoms with van der Waals surface area (Å²) in [6, 6.07) is 5.64. The molecule has 0 aliphatic carbocycles. The molecule has 73 heavy (non-hydrogen) atoms. The van der Waals surface area contributed by atoms with Crippen molar-refractivity contribution >= 4 is 53.2 Å². The molecule has 0 saturated carbocycles. The first-order valence-electron chi connectivity index (χ1n) is 22.6. The van der Waals surface area contributed by atoms with E-state index in [2.05, 4.69) is 47.2 Å². The number of aromatic hydroxyl groups is 3. The number of aliphatic hydroxyl groups is 2. The lowest BCUT2D eigenvalue weighted by molar-refractivity contribution is -0.145. The van der Waals surface area contributed by atoms with Crippen molar-refractivity contribution in [1.82, 2.24) is 47.2 Å². The van der Waals surface area contributed by atoms with Crippen LogP contribution < -0.4 is 48.7 Å². The van der Waals surface area contributed by atoms with Gasteiger partial charge in [0, 0.05) is 44.0 Å². The number of hydrogen-bond donors (Lipinski definition) is 16. The van der Waals surface area contributed by atoms with Crippen molar-refractivity contribution in [3.63, 3.8) is 0 Å². The molecule has 0 saturated heterocycles. The van der Waals surface area contributed by atoms with E-state index in [1.807, 2.05) is 0 Å². The van der Waals surface area contributed by atoms with E-state index in [0.29, 0.717) is 22.4 Å². The highest BCUT2D eigenvalue weighted by Gasteiger charge is 2.34. The van der Waals surface area contributed by atoms with Gasteiger partial charge in [-0.2, -0.15) is 0 Å². The number of phenolic OH excluding ortho intramolecular Hbond substituents is 3. The molecule has 8 amide bonds. The number of carboxylic acid groups (broad SMARTS) is 1. The molecule has 0 bridgehead atoms. The monoisotopic (exact) mass is 1020 g/mol. The van der Waals surface area contributed by atoms with Crippen LogP contribution in [0.1, 0.15) is 42.1 Å². The highest BCUT2D eigenvalue weighted by Crippen LogP contribution is 2.16. The van der Waals surface area contributed by atoms with Crippen LogP contribution in [0.3, 0.4) is 0 Å².